The molecule has 0 radical (unpaired) electrons. The first-order valence-corrected chi connectivity index (χ1v) is 10.7. The summed E-state index contributed by atoms with van der Waals surface area (Å²) >= 11 is 5.72. The van der Waals surface area contributed by atoms with Crippen LogP contribution in [0.25, 0.3) is 0 Å². The number of benzene rings is 2. The van der Waals surface area contributed by atoms with Crippen LogP contribution in [0.2, 0.25) is 5.02 Å². The third-order valence-corrected chi connectivity index (χ3v) is 6.43. The molecule has 2 amide bonds. The lowest BCUT2D eigenvalue weighted by molar-refractivity contribution is 0.193. The Kier molecular flexibility index (Phi) is 6.22. The van der Waals surface area contributed by atoms with Crippen molar-refractivity contribution in [3.05, 3.63) is 58.9 Å². The number of rotatable bonds is 4. The Balaban J connectivity index is 1.54. The monoisotopic (exact) mass is 425 g/mol. The van der Waals surface area contributed by atoms with E-state index in [0.29, 0.717) is 31.6 Å². The second kappa shape index (κ2) is 8.46. The Bertz CT molecular complexity index is 959. The van der Waals surface area contributed by atoms with Gasteiger partial charge in [-0.1, -0.05) is 29.3 Å². The molecule has 0 spiro atoms. The zero-order valence-corrected chi connectivity index (χ0v) is 16.9. The van der Waals surface area contributed by atoms with E-state index in [1.54, 1.807) is 29.2 Å². The average molecular weight is 426 g/mol. The van der Waals surface area contributed by atoms with Crippen molar-refractivity contribution >= 4 is 33.3 Å². The predicted molar refractivity (Wildman–Crippen MR) is 107 cm³/mol. The molecule has 28 heavy (non-hydrogen) atoms. The van der Waals surface area contributed by atoms with Crippen molar-refractivity contribution in [2.45, 2.75) is 30.7 Å². The normalized spacial score (nSPS) is 15.5. The van der Waals surface area contributed by atoms with E-state index in [-0.39, 0.29) is 22.0 Å². The molecule has 1 heterocycles. The van der Waals surface area contributed by atoms with Gasteiger partial charge in [0.1, 0.15) is 5.82 Å². The number of hydrogen-bond acceptors (Lipinski definition) is 3. The first-order valence-electron chi connectivity index (χ1n) is 8.84. The fraction of sp³-hybridized carbons (Fsp3) is 0.316. The molecule has 1 aliphatic heterocycles. The molecular formula is C19H21ClFN3O3S. The third kappa shape index (κ3) is 5.01. The summed E-state index contributed by atoms with van der Waals surface area (Å²) in [7, 11) is -3.59. The van der Waals surface area contributed by atoms with E-state index >= 15 is 0 Å². The van der Waals surface area contributed by atoms with Gasteiger partial charge >= 0.3 is 6.03 Å². The number of aryl methyl sites for hydroxylation is 1. The van der Waals surface area contributed by atoms with E-state index in [0.717, 1.165) is 5.56 Å². The molecule has 0 bridgehead atoms. The summed E-state index contributed by atoms with van der Waals surface area (Å²) in [6.07, 6.45) is 1.01. The molecule has 0 saturated carbocycles. The summed E-state index contributed by atoms with van der Waals surface area (Å²) in [5.41, 5.74) is 1.39. The summed E-state index contributed by atoms with van der Waals surface area (Å²) in [4.78, 5) is 14.2. The number of halogens is 2. The second-order valence-electron chi connectivity index (χ2n) is 6.75. The number of likely N-dealkylation sites (tertiary alicyclic amines) is 1. The Hall–Kier alpha value is -2.16. The highest BCUT2D eigenvalue weighted by molar-refractivity contribution is 7.89. The molecule has 150 valence electrons. The van der Waals surface area contributed by atoms with Gasteiger partial charge in [-0.25, -0.2) is 22.3 Å². The lowest BCUT2D eigenvalue weighted by Gasteiger charge is -2.32. The van der Waals surface area contributed by atoms with Crippen LogP contribution in [0.3, 0.4) is 0 Å². The number of amides is 2. The van der Waals surface area contributed by atoms with Gasteiger partial charge in [-0.05, 0) is 50.1 Å². The van der Waals surface area contributed by atoms with E-state index in [2.05, 4.69) is 10.0 Å². The zero-order valence-electron chi connectivity index (χ0n) is 15.3. The molecular weight excluding hydrogens is 405 g/mol. The van der Waals surface area contributed by atoms with Gasteiger partial charge < -0.3 is 10.2 Å². The second-order valence-corrected chi connectivity index (χ2v) is 8.88. The van der Waals surface area contributed by atoms with Crippen molar-refractivity contribution in [1.29, 1.82) is 0 Å². The Labute approximate surface area is 168 Å². The van der Waals surface area contributed by atoms with Crippen LogP contribution in [0.4, 0.5) is 14.9 Å². The Morgan fingerprint density at radius 1 is 1.14 bits per heavy atom. The average Bonchev–Trinajstić information content (AvgIpc) is 2.65. The minimum Gasteiger partial charge on any atom is -0.324 e. The molecule has 0 unspecified atom stereocenters. The highest BCUT2D eigenvalue weighted by Gasteiger charge is 2.26. The SMILES string of the molecule is Cc1ccc(S(=O)(=O)NC2CCN(C(=O)Nc3ccc(F)c(Cl)c3)CC2)cc1. The summed E-state index contributed by atoms with van der Waals surface area (Å²) in [5.74, 6) is -0.554. The maximum atomic E-state index is 13.2. The molecule has 9 heteroatoms. The molecule has 0 aliphatic carbocycles. The Morgan fingerprint density at radius 3 is 2.39 bits per heavy atom. The van der Waals surface area contributed by atoms with E-state index in [4.69, 9.17) is 11.6 Å². The van der Waals surface area contributed by atoms with Crippen LogP contribution in [0.1, 0.15) is 18.4 Å². The summed E-state index contributed by atoms with van der Waals surface area (Å²) in [5, 5.41) is 2.60. The van der Waals surface area contributed by atoms with E-state index in [9.17, 15) is 17.6 Å². The number of carbonyl (C=O) groups excluding carboxylic acids is 1. The fourth-order valence-electron chi connectivity index (χ4n) is 2.98. The number of nitrogens with one attached hydrogen (secondary N) is 2. The van der Waals surface area contributed by atoms with Gasteiger partial charge in [0.2, 0.25) is 10.0 Å². The van der Waals surface area contributed by atoms with Gasteiger partial charge in [0.05, 0.1) is 9.92 Å². The van der Waals surface area contributed by atoms with Crippen LogP contribution in [0, 0.1) is 12.7 Å². The molecule has 2 aromatic carbocycles. The van der Waals surface area contributed by atoms with Crippen molar-refractivity contribution in [2.75, 3.05) is 18.4 Å². The minimum atomic E-state index is -3.59. The van der Waals surface area contributed by atoms with Crippen LogP contribution in [0.5, 0.6) is 0 Å². The molecule has 6 nitrogen and oxygen atoms in total. The quantitative estimate of drug-likeness (QED) is 0.782. The van der Waals surface area contributed by atoms with Gasteiger partial charge in [0.15, 0.2) is 0 Å². The third-order valence-electron chi connectivity index (χ3n) is 4.61. The highest BCUT2D eigenvalue weighted by Crippen LogP contribution is 2.21. The lowest BCUT2D eigenvalue weighted by atomic mass is 10.1. The van der Waals surface area contributed by atoms with Crippen molar-refractivity contribution in [3.63, 3.8) is 0 Å². The molecule has 3 rings (SSSR count). The van der Waals surface area contributed by atoms with Crippen LogP contribution >= 0.6 is 11.6 Å². The maximum Gasteiger partial charge on any atom is 0.321 e. The molecule has 2 aromatic rings. The molecule has 0 aromatic heterocycles. The van der Waals surface area contributed by atoms with Gasteiger partial charge in [0.25, 0.3) is 0 Å². The number of anilines is 1. The van der Waals surface area contributed by atoms with Crippen molar-refractivity contribution in [3.8, 4) is 0 Å². The van der Waals surface area contributed by atoms with Crippen molar-refractivity contribution in [2.24, 2.45) is 0 Å². The minimum absolute atomic E-state index is 0.0676. The predicted octanol–water partition coefficient (Wildman–Crippen LogP) is 3.76. The molecule has 2 N–H and O–H groups in total. The van der Waals surface area contributed by atoms with Crippen molar-refractivity contribution in [1.82, 2.24) is 9.62 Å². The molecule has 1 aliphatic rings. The number of hydrogen-bond donors (Lipinski definition) is 2. The number of sulfonamides is 1. The molecule has 1 fully saturated rings. The first-order chi connectivity index (χ1) is 13.2. The molecule has 1 saturated heterocycles. The fourth-order valence-corrected chi connectivity index (χ4v) is 4.47. The number of carbonyl (C=O) groups is 1. The Morgan fingerprint density at radius 2 is 1.79 bits per heavy atom. The van der Waals surface area contributed by atoms with Gasteiger partial charge in [-0.15, -0.1) is 0 Å². The standard InChI is InChI=1S/C19H21ClFN3O3S/c1-13-2-5-16(6-3-13)28(26,27)23-14-8-10-24(11-9-14)19(25)22-15-4-7-18(21)17(20)12-15/h2-7,12,14,23H,8-11H2,1H3,(H,22,25). The van der Waals surface area contributed by atoms with Gasteiger partial charge in [0, 0.05) is 24.8 Å². The van der Waals surface area contributed by atoms with Crippen LogP contribution in [-0.2, 0) is 10.0 Å². The lowest BCUT2D eigenvalue weighted by Crippen LogP contribution is -2.47. The maximum absolute atomic E-state index is 13.2. The highest BCUT2D eigenvalue weighted by atomic mass is 35.5. The van der Waals surface area contributed by atoms with Crippen molar-refractivity contribution < 1.29 is 17.6 Å². The first kappa shape index (κ1) is 20.6. The zero-order chi connectivity index (χ0) is 20.3. The van der Waals surface area contributed by atoms with Crippen LogP contribution in [-0.4, -0.2) is 38.5 Å². The largest absolute Gasteiger partial charge is 0.324 e. The number of nitrogens with zero attached hydrogens (tertiary/aromatic N) is 1. The van der Waals surface area contributed by atoms with Crippen LogP contribution in [0.15, 0.2) is 47.4 Å². The van der Waals surface area contributed by atoms with Crippen LogP contribution < -0.4 is 10.0 Å². The van der Waals surface area contributed by atoms with E-state index in [1.165, 1.54) is 18.2 Å². The topological polar surface area (TPSA) is 78.5 Å². The van der Waals surface area contributed by atoms with E-state index < -0.39 is 15.8 Å². The van der Waals surface area contributed by atoms with Gasteiger partial charge in [-0.3, -0.25) is 0 Å². The summed E-state index contributed by atoms with van der Waals surface area (Å²) < 4.78 is 40.9. The molecule has 0 atom stereocenters. The smallest absolute Gasteiger partial charge is 0.321 e. The summed E-state index contributed by atoms with van der Waals surface area (Å²) in [6, 6.07) is 10.1. The van der Waals surface area contributed by atoms with E-state index in [1.807, 2.05) is 6.92 Å². The van der Waals surface area contributed by atoms with Gasteiger partial charge in [-0.2, -0.15) is 0 Å². The number of piperidine rings is 1. The summed E-state index contributed by atoms with van der Waals surface area (Å²) in [6.45, 7) is 2.70. The number of urea groups is 1.